The number of fused-ring (bicyclic) bond motifs is 3. The van der Waals surface area contributed by atoms with Crippen LogP contribution in [0.15, 0.2) is 48.5 Å². The molecule has 4 rings (SSSR count). The van der Waals surface area contributed by atoms with Crippen LogP contribution in [0.5, 0.6) is 0 Å². The first-order chi connectivity index (χ1) is 15.3. The molecule has 1 aromatic heterocycles. The summed E-state index contributed by atoms with van der Waals surface area (Å²) < 4.78 is 1.90. The summed E-state index contributed by atoms with van der Waals surface area (Å²) in [4.78, 5) is 33.5. The number of rotatable bonds is 7. The van der Waals surface area contributed by atoms with Crippen LogP contribution in [-0.2, 0) is 24.3 Å². The molecule has 0 bridgehead atoms. The van der Waals surface area contributed by atoms with E-state index in [4.69, 9.17) is 0 Å². The van der Waals surface area contributed by atoms with Crippen molar-refractivity contribution in [1.82, 2.24) is 19.8 Å². The topological polar surface area (TPSA) is 67.2 Å². The van der Waals surface area contributed by atoms with Crippen LogP contribution in [0.25, 0.3) is 11.0 Å². The molecule has 0 saturated heterocycles. The number of para-hydroxylation sites is 2. The molecule has 0 radical (unpaired) electrons. The maximum atomic E-state index is 13.7. The van der Waals surface area contributed by atoms with Gasteiger partial charge in [0.2, 0.25) is 5.91 Å². The lowest BCUT2D eigenvalue weighted by molar-refractivity contribution is -0.133. The molecule has 0 saturated carbocycles. The number of nitrogens with one attached hydrogen (secondary N) is 1. The van der Waals surface area contributed by atoms with Gasteiger partial charge in [0.15, 0.2) is 5.82 Å². The molecule has 1 atom stereocenters. The number of carbonyl (C=O) groups excluding carboxylic acids is 2. The van der Waals surface area contributed by atoms with Crippen LogP contribution in [-0.4, -0.2) is 38.3 Å². The maximum absolute atomic E-state index is 13.7. The van der Waals surface area contributed by atoms with Crippen LogP contribution in [0.4, 0.5) is 0 Å². The number of aromatic nitrogens is 2. The van der Waals surface area contributed by atoms with Crippen molar-refractivity contribution in [3.63, 3.8) is 0 Å². The average molecular weight is 433 g/mol. The molecule has 0 aliphatic carbocycles. The molecule has 2 heterocycles. The Bertz CT molecular complexity index is 1130. The van der Waals surface area contributed by atoms with Gasteiger partial charge in [0.1, 0.15) is 5.54 Å². The van der Waals surface area contributed by atoms with Crippen molar-refractivity contribution in [3.8, 4) is 0 Å². The molecule has 2 amide bonds. The minimum Gasteiger partial charge on any atom is -0.354 e. The van der Waals surface area contributed by atoms with Crippen molar-refractivity contribution in [2.24, 2.45) is 5.92 Å². The predicted molar refractivity (Wildman–Crippen MR) is 126 cm³/mol. The van der Waals surface area contributed by atoms with E-state index < -0.39 is 5.54 Å². The molecule has 32 heavy (non-hydrogen) atoms. The average Bonchev–Trinajstić information content (AvgIpc) is 3.15. The number of hydrogen-bond donors (Lipinski definition) is 1. The van der Waals surface area contributed by atoms with Crippen molar-refractivity contribution in [2.45, 2.75) is 59.2 Å². The van der Waals surface area contributed by atoms with E-state index in [-0.39, 0.29) is 11.8 Å². The molecule has 1 aliphatic rings. The van der Waals surface area contributed by atoms with Gasteiger partial charge in [0, 0.05) is 13.1 Å². The van der Waals surface area contributed by atoms with Gasteiger partial charge in [-0.05, 0) is 48.9 Å². The van der Waals surface area contributed by atoms with Gasteiger partial charge in [-0.15, -0.1) is 0 Å². The Kier molecular flexibility index (Phi) is 6.04. The van der Waals surface area contributed by atoms with Crippen LogP contribution >= 0.6 is 0 Å². The maximum Gasteiger partial charge on any atom is 0.291 e. The van der Waals surface area contributed by atoms with Crippen LogP contribution in [0.1, 0.15) is 55.9 Å². The van der Waals surface area contributed by atoms with Crippen molar-refractivity contribution in [1.29, 1.82) is 0 Å². The first kappa shape index (κ1) is 22.1. The van der Waals surface area contributed by atoms with Crippen molar-refractivity contribution in [2.75, 3.05) is 6.54 Å². The highest BCUT2D eigenvalue weighted by molar-refractivity contribution is 6.01. The fourth-order valence-corrected chi connectivity index (χ4v) is 4.31. The molecule has 2 aromatic carbocycles. The summed E-state index contributed by atoms with van der Waals surface area (Å²) >= 11 is 0. The van der Waals surface area contributed by atoms with Crippen LogP contribution in [0, 0.1) is 5.92 Å². The van der Waals surface area contributed by atoms with Gasteiger partial charge in [-0.3, -0.25) is 9.59 Å². The van der Waals surface area contributed by atoms with Gasteiger partial charge in [-0.25, -0.2) is 4.98 Å². The number of aryl methyl sites for hydroxylation is 1. The van der Waals surface area contributed by atoms with Gasteiger partial charge in [0.25, 0.3) is 5.91 Å². The number of nitrogens with zero attached hydrogens (tertiary/aromatic N) is 3. The monoisotopic (exact) mass is 432 g/mol. The van der Waals surface area contributed by atoms with E-state index in [9.17, 15) is 9.59 Å². The molecule has 0 spiro atoms. The number of hydrogen-bond acceptors (Lipinski definition) is 3. The van der Waals surface area contributed by atoms with E-state index in [2.05, 4.69) is 43.2 Å². The summed E-state index contributed by atoms with van der Waals surface area (Å²) in [7, 11) is 0. The smallest absolute Gasteiger partial charge is 0.291 e. The van der Waals surface area contributed by atoms with Gasteiger partial charge in [0.05, 0.1) is 17.6 Å². The lowest BCUT2D eigenvalue weighted by Crippen LogP contribution is -2.63. The molecule has 1 aliphatic heterocycles. The lowest BCUT2D eigenvalue weighted by atomic mass is 9.94. The van der Waals surface area contributed by atoms with Gasteiger partial charge >= 0.3 is 0 Å². The van der Waals surface area contributed by atoms with Crippen LogP contribution < -0.4 is 5.32 Å². The van der Waals surface area contributed by atoms with E-state index in [1.807, 2.05) is 47.9 Å². The van der Waals surface area contributed by atoms with Crippen molar-refractivity contribution in [3.05, 3.63) is 65.5 Å². The Morgan fingerprint density at radius 3 is 2.50 bits per heavy atom. The second kappa shape index (κ2) is 8.77. The Hall–Kier alpha value is -3.15. The zero-order chi connectivity index (χ0) is 22.9. The molecule has 168 valence electrons. The Morgan fingerprint density at radius 2 is 1.81 bits per heavy atom. The minimum atomic E-state index is -1.02. The normalized spacial score (nSPS) is 18.3. The molecule has 6 nitrogen and oxygen atoms in total. The standard InChI is InChI=1S/C26H32N4O2/c1-5-19-10-12-20(13-11-19)16-30-24(31)23-28-21-8-6-7-9-22(21)29(23)17-26(30,4)25(32)27-15-14-18(2)3/h6-13,18H,5,14-17H2,1-4H3,(H,27,32)/t26-/m0/s1. The predicted octanol–water partition coefficient (Wildman–Crippen LogP) is 4.18. The second-order valence-corrected chi connectivity index (χ2v) is 9.28. The second-order valence-electron chi connectivity index (χ2n) is 9.28. The van der Waals surface area contributed by atoms with Crippen molar-refractivity contribution < 1.29 is 9.59 Å². The zero-order valence-corrected chi connectivity index (χ0v) is 19.4. The highest BCUT2D eigenvalue weighted by atomic mass is 16.2. The lowest BCUT2D eigenvalue weighted by Gasteiger charge is -2.43. The number of benzene rings is 2. The summed E-state index contributed by atoms with van der Waals surface area (Å²) in [6.45, 7) is 9.58. The Labute approximate surface area is 189 Å². The highest BCUT2D eigenvalue weighted by Crippen LogP contribution is 2.32. The fourth-order valence-electron chi connectivity index (χ4n) is 4.31. The summed E-state index contributed by atoms with van der Waals surface area (Å²) in [5, 5.41) is 3.08. The van der Waals surface area contributed by atoms with E-state index in [0.29, 0.717) is 31.4 Å². The Balaban J connectivity index is 1.72. The van der Waals surface area contributed by atoms with E-state index in [0.717, 1.165) is 29.4 Å². The Morgan fingerprint density at radius 1 is 1.12 bits per heavy atom. The summed E-state index contributed by atoms with van der Waals surface area (Å²) in [5.74, 6) is 0.547. The fraction of sp³-hybridized carbons (Fsp3) is 0.423. The van der Waals surface area contributed by atoms with E-state index in [1.165, 1.54) is 5.56 Å². The first-order valence-corrected chi connectivity index (χ1v) is 11.5. The third kappa shape index (κ3) is 4.01. The molecular formula is C26H32N4O2. The van der Waals surface area contributed by atoms with Gasteiger partial charge < -0.3 is 14.8 Å². The van der Waals surface area contributed by atoms with E-state index >= 15 is 0 Å². The molecule has 1 N–H and O–H groups in total. The molecule has 0 fully saturated rings. The number of imidazole rings is 1. The summed E-state index contributed by atoms with van der Waals surface area (Å²) in [6, 6.07) is 16.0. The third-order valence-electron chi connectivity index (χ3n) is 6.42. The van der Waals surface area contributed by atoms with E-state index in [1.54, 1.807) is 4.90 Å². The molecule has 3 aromatic rings. The van der Waals surface area contributed by atoms with Gasteiger partial charge in [-0.1, -0.05) is 57.2 Å². The number of carbonyl (C=O) groups is 2. The third-order valence-corrected chi connectivity index (χ3v) is 6.42. The van der Waals surface area contributed by atoms with Gasteiger partial charge in [-0.2, -0.15) is 0 Å². The summed E-state index contributed by atoms with van der Waals surface area (Å²) in [5.41, 5.74) is 2.88. The van der Waals surface area contributed by atoms with Crippen LogP contribution in [0.3, 0.4) is 0 Å². The minimum absolute atomic E-state index is 0.125. The molecular weight excluding hydrogens is 400 g/mol. The highest BCUT2D eigenvalue weighted by Gasteiger charge is 2.48. The largest absolute Gasteiger partial charge is 0.354 e. The quantitative estimate of drug-likeness (QED) is 0.609. The van der Waals surface area contributed by atoms with Crippen LogP contribution in [0.2, 0.25) is 0 Å². The zero-order valence-electron chi connectivity index (χ0n) is 19.4. The first-order valence-electron chi connectivity index (χ1n) is 11.5. The molecule has 0 unspecified atom stereocenters. The SMILES string of the molecule is CCc1ccc(CN2C(=O)c3nc4ccccc4n3C[C@@]2(C)C(=O)NCCC(C)C)cc1. The number of amides is 2. The van der Waals surface area contributed by atoms with Crippen molar-refractivity contribution >= 4 is 22.8 Å². The summed E-state index contributed by atoms with van der Waals surface area (Å²) in [6.07, 6.45) is 1.86. The molecule has 6 heteroatoms.